The summed E-state index contributed by atoms with van der Waals surface area (Å²) in [6.07, 6.45) is 4.65. The number of pyridine rings is 3. The van der Waals surface area contributed by atoms with E-state index in [-0.39, 0.29) is 0 Å². The monoisotopic (exact) mass is 794 g/mol. The summed E-state index contributed by atoms with van der Waals surface area (Å²) in [5.41, 5.74) is 14.3. The fraction of sp³-hybridized carbons (Fsp3) is 0.0357. The van der Waals surface area contributed by atoms with Crippen LogP contribution in [0.1, 0.15) is 12.5 Å². The third-order valence-corrected chi connectivity index (χ3v) is 11.6. The molecule has 0 aliphatic rings. The first-order valence-corrected chi connectivity index (χ1v) is 20.9. The van der Waals surface area contributed by atoms with E-state index < -0.39 is 0 Å². The van der Waals surface area contributed by atoms with Crippen LogP contribution < -0.4 is 0 Å². The molecule has 62 heavy (non-hydrogen) atoms. The van der Waals surface area contributed by atoms with E-state index >= 15 is 0 Å². The molecular weight excluding hydrogens is 757 g/mol. The number of aromatic nitrogens is 6. The van der Waals surface area contributed by atoms with Gasteiger partial charge in [0.1, 0.15) is 0 Å². The van der Waals surface area contributed by atoms with Crippen LogP contribution in [-0.4, -0.2) is 29.9 Å². The Bertz CT molecular complexity index is 3420. The summed E-state index contributed by atoms with van der Waals surface area (Å²) in [4.78, 5) is 29.9. The lowest BCUT2D eigenvalue weighted by Gasteiger charge is -2.12. The van der Waals surface area contributed by atoms with E-state index in [9.17, 15) is 0 Å². The van der Waals surface area contributed by atoms with Gasteiger partial charge in [0.15, 0.2) is 17.5 Å². The first-order valence-electron chi connectivity index (χ1n) is 20.9. The van der Waals surface area contributed by atoms with Gasteiger partial charge in [-0.05, 0) is 63.9 Å². The molecule has 11 aromatic rings. The lowest BCUT2D eigenvalue weighted by atomic mass is 9.98. The van der Waals surface area contributed by atoms with Gasteiger partial charge in [-0.3, -0.25) is 4.98 Å². The van der Waals surface area contributed by atoms with Crippen LogP contribution in [0.3, 0.4) is 0 Å². The highest BCUT2D eigenvalue weighted by Gasteiger charge is 2.16. The van der Waals surface area contributed by atoms with Gasteiger partial charge in [-0.15, -0.1) is 0 Å². The Kier molecular flexibility index (Phi) is 9.36. The highest BCUT2D eigenvalue weighted by atomic mass is 15.0. The molecule has 0 aliphatic carbocycles. The minimum atomic E-state index is 0.613. The van der Waals surface area contributed by atoms with Crippen molar-refractivity contribution >= 4 is 32.6 Å². The van der Waals surface area contributed by atoms with E-state index in [4.69, 9.17) is 24.9 Å². The van der Waals surface area contributed by atoms with Gasteiger partial charge in [0.05, 0.1) is 22.4 Å². The second-order valence-electron chi connectivity index (χ2n) is 15.4. The zero-order chi connectivity index (χ0) is 41.4. The Labute approximate surface area is 359 Å². The van der Waals surface area contributed by atoms with Crippen molar-refractivity contribution in [2.24, 2.45) is 0 Å². The lowest BCUT2D eigenvalue weighted by molar-refractivity contribution is 1.07. The van der Waals surface area contributed by atoms with Gasteiger partial charge < -0.3 is 0 Å². The van der Waals surface area contributed by atoms with Gasteiger partial charge in [-0.25, -0.2) is 24.9 Å². The quantitative estimate of drug-likeness (QED) is 0.143. The molecule has 4 aromatic heterocycles. The molecule has 292 valence electrons. The van der Waals surface area contributed by atoms with Crippen LogP contribution in [-0.2, 0) is 6.42 Å². The molecule has 0 amide bonds. The summed E-state index contributed by atoms with van der Waals surface area (Å²) in [6, 6.07) is 65.1. The zero-order valence-corrected chi connectivity index (χ0v) is 33.9. The topological polar surface area (TPSA) is 77.3 Å². The maximum atomic E-state index is 5.27. The third kappa shape index (κ3) is 6.93. The third-order valence-electron chi connectivity index (χ3n) is 11.6. The summed E-state index contributed by atoms with van der Waals surface area (Å²) >= 11 is 0. The molecule has 0 bridgehead atoms. The molecule has 0 unspecified atom stereocenters. The van der Waals surface area contributed by atoms with Crippen LogP contribution in [0.15, 0.2) is 200 Å². The van der Waals surface area contributed by atoms with E-state index in [0.29, 0.717) is 17.5 Å². The molecule has 0 atom stereocenters. The van der Waals surface area contributed by atoms with Gasteiger partial charge >= 0.3 is 0 Å². The van der Waals surface area contributed by atoms with Crippen molar-refractivity contribution in [3.8, 4) is 78.9 Å². The summed E-state index contributed by atoms with van der Waals surface area (Å²) in [5, 5.41) is 4.47. The minimum absolute atomic E-state index is 0.613. The van der Waals surface area contributed by atoms with Crippen molar-refractivity contribution in [2.45, 2.75) is 13.3 Å². The summed E-state index contributed by atoms with van der Waals surface area (Å²) in [5.74, 6) is 1.85. The summed E-state index contributed by atoms with van der Waals surface area (Å²) < 4.78 is 0. The van der Waals surface area contributed by atoms with Crippen LogP contribution in [0.4, 0.5) is 0 Å². The van der Waals surface area contributed by atoms with Crippen LogP contribution in [0.5, 0.6) is 0 Å². The SMILES string of the molecule is CCc1cc(-c2ccc(-c3ccc(-c4nc(-c5ccccc5)nc(-c5cccc(-c6cccc7ccncc67)c5)n4)cc3)cc2)nc2c1ccc1ccc(-c3ccccc3)nc12. The maximum Gasteiger partial charge on any atom is 0.164 e. The van der Waals surface area contributed by atoms with Crippen molar-refractivity contribution in [2.75, 3.05) is 0 Å². The fourth-order valence-corrected chi connectivity index (χ4v) is 8.34. The van der Waals surface area contributed by atoms with E-state index in [0.717, 1.165) is 100 Å². The van der Waals surface area contributed by atoms with Crippen LogP contribution in [0, 0.1) is 0 Å². The standard InChI is InChI=1S/C56H38N6/c1-2-36-34-51(59-53-48(36)29-27-42-28-30-50(58-52(42)53)40-11-5-3-6-12-40)41-23-19-37(20-24-41)38-21-25-44(26-22-38)55-60-54(43-13-7-4-8-14-43)61-56(62-55)46-17-9-16-45(33-46)47-18-10-15-39-31-32-57-35-49(39)47/h3-35H,2H2,1H3. The number of hydrogen-bond acceptors (Lipinski definition) is 6. The van der Waals surface area contributed by atoms with Gasteiger partial charge in [-0.1, -0.05) is 171 Å². The Morgan fingerprint density at radius 3 is 1.65 bits per heavy atom. The largest absolute Gasteiger partial charge is 0.264 e. The summed E-state index contributed by atoms with van der Waals surface area (Å²) in [6.45, 7) is 2.20. The van der Waals surface area contributed by atoms with Gasteiger partial charge in [0.2, 0.25) is 0 Å². The second-order valence-corrected chi connectivity index (χ2v) is 15.4. The van der Waals surface area contributed by atoms with Crippen molar-refractivity contribution in [3.63, 3.8) is 0 Å². The molecule has 0 saturated heterocycles. The van der Waals surface area contributed by atoms with Gasteiger partial charge in [0, 0.05) is 56.4 Å². The molecule has 0 N–H and O–H groups in total. The molecule has 6 nitrogen and oxygen atoms in total. The first-order chi connectivity index (χ1) is 30.6. The molecule has 6 heteroatoms. The minimum Gasteiger partial charge on any atom is -0.264 e. The predicted octanol–water partition coefficient (Wildman–Crippen LogP) is 13.7. The van der Waals surface area contributed by atoms with Crippen molar-refractivity contribution in [1.29, 1.82) is 0 Å². The van der Waals surface area contributed by atoms with Crippen molar-refractivity contribution < 1.29 is 0 Å². The van der Waals surface area contributed by atoms with Crippen molar-refractivity contribution in [3.05, 3.63) is 206 Å². The molecular formula is C56H38N6. The number of fused-ring (bicyclic) bond motifs is 4. The van der Waals surface area contributed by atoms with Crippen molar-refractivity contribution in [1.82, 2.24) is 29.9 Å². The molecule has 0 radical (unpaired) electrons. The van der Waals surface area contributed by atoms with Gasteiger partial charge in [0.25, 0.3) is 0 Å². The van der Waals surface area contributed by atoms with E-state index in [2.05, 4.69) is 145 Å². The first kappa shape index (κ1) is 36.8. The Morgan fingerprint density at radius 1 is 0.355 bits per heavy atom. The molecule has 0 saturated carbocycles. The average molecular weight is 795 g/mol. The molecule has 4 heterocycles. The van der Waals surface area contributed by atoms with Gasteiger partial charge in [-0.2, -0.15) is 0 Å². The highest BCUT2D eigenvalue weighted by molar-refractivity contribution is 6.05. The Morgan fingerprint density at radius 2 is 0.919 bits per heavy atom. The number of benzene rings is 7. The molecule has 11 rings (SSSR count). The highest BCUT2D eigenvalue weighted by Crippen LogP contribution is 2.35. The normalized spacial score (nSPS) is 11.4. The summed E-state index contributed by atoms with van der Waals surface area (Å²) in [7, 11) is 0. The number of aryl methyl sites for hydroxylation is 1. The average Bonchev–Trinajstić information content (AvgIpc) is 3.36. The molecule has 0 aliphatic heterocycles. The molecule has 0 fully saturated rings. The van der Waals surface area contributed by atoms with Crippen LogP contribution >= 0.6 is 0 Å². The number of hydrogen-bond donors (Lipinski definition) is 0. The number of rotatable bonds is 8. The van der Waals surface area contributed by atoms with E-state index in [1.165, 1.54) is 5.56 Å². The fourth-order valence-electron chi connectivity index (χ4n) is 8.34. The number of nitrogens with zero attached hydrogens (tertiary/aromatic N) is 6. The lowest BCUT2D eigenvalue weighted by Crippen LogP contribution is -2.00. The Balaban J connectivity index is 0.923. The smallest absolute Gasteiger partial charge is 0.164 e. The zero-order valence-electron chi connectivity index (χ0n) is 33.9. The molecule has 0 spiro atoms. The van der Waals surface area contributed by atoms with Crippen LogP contribution in [0.2, 0.25) is 0 Å². The van der Waals surface area contributed by atoms with E-state index in [1.54, 1.807) is 0 Å². The molecule has 7 aromatic carbocycles. The van der Waals surface area contributed by atoms with E-state index in [1.807, 2.05) is 67.0 Å². The second kappa shape index (κ2) is 15.8. The Hall–Kier alpha value is -8.22. The predicted molar refractivity (Wildman–Crippen MR) is 253 cm³/mol. The maximum absolute atomic E-state index is 5.27. The van der Waals surface area contributed by atoms with Crippen LogP contribution in [0.25, 0.3) is 112 Å².